The van der Waals surface area contributed by atoms with E-state index in [1.54, 1.807) is 42.6 Å². The maximum absolute atomic E-state index is 12.5. The molecule has 23 heavy (non-hydrogen) atoms. The summed E-state index contributed by atoms with van der Waals surface area (Å²) in [6.45, 7) is 1.28. The molecule has 0 spiro atoms. The second-order valence-corrected chi connectivity index (χ2v) is 5.79. The van der Waals surface area contributed by atoms with Crippen molar-refractivity contribution in [3.05, 3.63) is 48.0 Å². The molecule has 1 aliphatic heterocycles. The first kappa shape index (κ1) is 15.6. The molecule has 6 heteroatoms. The Bertz CT molecular complexity index is 649. The van der Waals surface area contributed by atoms with Gasteiger partial charge >= 0.3 is 0 Å². The molecule has 0 aliphatic carbocycles. The number of aromatic nitrogens is 2. The number of hydrogen-bond acceptors (Lipinski definition) is 4. The number of carbonyl (C=O) groups excluding carboxylic acids is 1. The number of rotatable bonds is 4. The lowest BCUT2D eigenvalue weighted by Crippen LogP contribution is -2.40. The normalized spacial score (nSPS) is 17.0. The number of aliphatic hydroxyl groups is 1. The van der Waals surface area contributed by atoms with Gasteiger partial charge in [0.25, 0.3) is 5.91 Å². The first-order valence-corrected chi connectivity index (χ1v) is 7.78. The summed E-state index contributed by atoms with van der Waals surface area (Å²) in [6, 6.07) is 6.99. The van der Waals surface area contributed by atoms with E-state index in [1.165, 1.54) is 0 Å². The van der Waals surface area contributed by atoms with Crippen LogP contribution in [0, 0.1) is 0 Å². The highest BCUT2D eigenvalue weighted by Crippen LogP contribution is 2.28. The summed E-state index contributed by atoms with van der Waals surface area (Å²) in [5.41, 5.74) is 1.68. The molecule has 0 bridgehead atoms. The number of nitrogens with zero attached hydrogens (tertiary/aromatic N) is 2. The van der Waals surface area contributed by atoms with Crippen LogP contribution in [0.2, 0.25) is 0 Å². The van der Waals surface area contributed by atoms with Gasteiger partial charge in [-0.05, 0) is 30.5 Å². The van der Waals surface area contributed by atoms with Crippen LogP contribution in [0.25, 0.3) is 0 Å². The Balaban J connectivity index is 1.62. The van der Waals surface area contributed by atoms with Gasteiger partial charge in [0.1, 0.15) is 5.75 Å². The average molecular weight is 315 g/mol. The van der Waals surface area contributed by atoms with Crippen molar-refractivity contribution in [3.8, 4) is 5.75 Å². The molecule has 1 aromatic carbocycles. The van der Waals surface area contributed by atoms with Gasteiger partial charge in [-0.15, -0.1) is 0 Å². The molecule has 2 heterocycles. The van der Waals surface area contributed by atoms with Gasteiger partial charge in [0, 0.05) is 30.9 Å². The van der Waals surface area contributed by atoms with Crippen LogP contribution in [0.15, 0.2) is 36.8 Å². The fourth-order valence-corrected chi connectivity index (χ4v) is 3.03. The van der Waals surface area contributed by atoms with Gasteiger partial charge in [0.05, 0.1) is 13.4 Å². The van der Waals surface area contributed by atoms with Crippen LogP contribution < -0.4 is 4.74 Å². The van der Waals surface area contributed by atoms with Crippen molar-refractivity contribution in [3.63, 3.8) is 0 Å². The number of benzene rings is 1. The van der Waals surface area contributed by atoms with Crippen molar-refractivity contribution in [2.75, 3.05) is 20.2 Å². The van der Waals surface area contributed by atoms with E-state index in [0.29, 0.717) is 30.3 Å². The summed E-state index contributed by atoms with van der Waals surface area (Å²) >= 11 is 0. The van der Waals surface area contributed by atoms with Crippen LogP contribution >= 0.6 is 0 Å². The van der Waals surface area contributed by atoms with E-state index in [0.717, 1.165) is 18.5 Å². The molecule has 1 atom stereocenters. The van der Waals surface area contributed by atoms with Gasteiger partial charge in [-0.25, -0.2) is 4.98 Å². The van der Waals surface area contributed by atoms with Crippen LogP contribution in [0.5, 0.6) is 5.75 Å². The summed E-state index contributed by atoms with van der Waals surface area (Å²) in [6.07, 6.45) is 4.12. The zero-order valence-electron chi connectivity index (χ0n) is 13.1. The number of piperidine rings is 1. The highest BCUT2D eigenvalue weighted by molar-refractivity contribution is 5.82. The monoisotopic (exact) mass is 315 g/mol. The maximum Gasteiger partial charge on any atom is 0.256 e. The van der Waals surface area contributed by atoms with Crippen molar-refractivity contribution >= 4 is 5.91 Å². The van der Waals surface area contributed by atoms with E-state index in [2.05, 4.69) is 9.97 Å². The van der Waals surface area contributed by atoms with E-state index in [9.17, 15) is 9.90 Å². The minimum atomic E-state index is -1.14. The van der Waals surface area contributed by atoms with E-state index in [1.807, 2.05) is 6.20 Å². The Morgan fingerprint density at radius 2 is 2.22 bits per heavy atom. The third kappa shape index (κ3) is 3.37. The molecule has 3 rings (SSSR count). The highest BCUT2D eigenvalue weighted by atomic mass is 16.5. The van der Waals surface area contributed by atoms with E-state index in [-0.39, 0.29) is 5.91 Å². The fraction of sp³-hybridized carbons (Fsp3) is 0.412. The molecule has 1 unspecified atom stereocenters. The number of likely N-dealkylation sites (tertiary alicyclic amines) is 1. The number of amides is 1. The molecule has 122 valence electrons. The van der Waals surface area contributed by atoms with Crippen molar-refractivity contribution in [2.24, 2.45) is 0 Å². The van der Waals surface area contributed by atoms with Gasteiger partial charge in [-0.2, -0.15) is 0 Å². The van der Waals surface area contributed by atoms with Crippen molar-refractivity contribution in [2.45, 2.75) is 24.9 Å². The van der Waals surface area contributed by atoms with Crippen LogP contribution in [0.4, 0.5) is 0 Å². The predicted octanol–water partition coefficient (Wildman–Crippen LogP) is 1.86. The number of H-pyrrole nitrogens is 1. The summed E-state index contributed by atoms with van der Waals surface area (Å²) in [5, 5.41) is 10.3. The van der Waals surface area contributed by atoms with Crippen molar-refractivity contribution in [1.82, 2.24) is 14.9 Å². The molecule has 1 aromatic heterocycles. The molecule has 1 fully saturated rings. The van der Waals surface area contributed by atoms with Gasteiger partial charge in [0.2, 0.25) is 0 Å². The third-order valence-corrected chi connectivity index (χ3v) is 4.41. The Labute approximate surface area is 135 Å². The van der Waals surface area contributed by atoms with Gasteiger partial charge < -0.3 is 19.7 Å². The van der Waals surface area contributed by atoms with Crippen LogP contribution in [-0.4, -0.2) is 46.1 Å². The Hall–Kier alpha value is -2.34. The second-order valence-electron chi connectivity index (χ2n) is 5.79. The first-order chi connectivity index (χ1) is 11.2. The zero-order chi connectivity index (χ0) is 16.2. The number of ether oxygens (including phenoxy) is 1. The molecule has 0 saturated carbocycles. The SMILES string of the molecule is COc1cccc(C(O)C(=O)N2CCC(c3cnc[nH]3)CC2)c1. The lowest BCUT2D eigenvalue weighted by Gasteiger charge is -2.32. The minimum Gasteiger partial charge on any atom is -0.497 e. The lowest BCUT2D eigenvalue weighted by atomic mass is 9.93. The smallest absolute Gasteiger partial charge is 0.256 e. The Kier molecular flexibility index (Phi) is 4.62. The standard InChI is InChI=1S/C17H21N3O3/c1-23-14-4-2-3-13(9-14)16(21)17(22)20-7-5-12(6-8-20)15-10-18-11-19-15/h2-4,9-12,16,21H,5-8H2,1H3,(H,18,19). The van der Waals surface area contributed by atoms with Crippen LogP contribution in [-0.2, 0) is 4.79 Å². The van der Waals surface area contributed by atoms with E-state index in [4.69, 9.17) is 4.74 Å². The zero-order valence-corrected chi connectivity index (χ0v) is 13.1. The summed E-state index contributed by atoms with van der Waals surface area (Å²) in [4.78, 5) is 21.4. The number of aromatic amines is 1. The minimum absolute atomic E-state index is 0.249. The molecule has 0 radical (unpaired) electrons. The molecule has 2 N–H and O–H groups in total. The van der Waals surface area contributed by atoms with Crippen molar-refractivity contribution in [1.29, 1.82) is 0 Å². The topological polar surface area (TPSA) is 78.5 Å². The van der Waals surface area contributed by atoms with Gasteiger partial charge in [0.15, 0.2) is 6.10 Å². The molecular weight excluding hydrogens is 294 g/mol. The second kappa shape index (κ2) is 6.83. The maximum atomic E-state index is 12.5. The lowest BCUT2D eigenvalue weighted by molar-refractivity contribution is -0.141. The third-order valence-electron chi connectivity index (χ3n) is 4.41. The summed E-state index contributed by atoms with van der Waals surface area (Å²) in [5.74, 6) is 0.782. The van der Waals surface area contributed by atoms with E-state index >= 15 is 0 Å². The largest absolute Gasteiger partial charge is 0.497 e. The average Bonchev–Trinajstić information content (AvgIpc) is 3.15. The van der Waals surface area contributed by atoms with Gasteiger partial charge in [-0.1, -0.05) is 12.1 Å². The number of aliphatic hydroxyl groups excluding tert-OH is 1. The summed E-state index contributed by atoms with van der Waals surface area (Å²) < 4.78 is 5.14. The number of imidazole rings is 1. The quantitative estimate of drug-likeness (QED) is 0.902. The number of hydrogen-bond donors (Lipinski definition) is 2. The molecule has 6 nitrogen and oxygen atoms in total. The fourth-order valence-electron chi connectivity index (χ4n) is 3.03. The Morgan fingerprint density at radius 3 is 2.87 bits per heavy atom. The number of carbonyl (C=O) groups is 1. The van der Waals surface area contributed by atoms with E-state index < -0.39 is 6.10 Å². The highest BCUT2D eigenvalue weighted by Gasteiger charge is 2.29. The van der Waals surface area contributed by atoms with Crippen LogP contribution in [0.1, 0.15) is 36.1 Å². The molecule has 2 aromatic rings. The summed E-state index contributed by atoms with van der Waals surface area (Å²) in [7, 11) is 1.56. The van der Waals surface area contributed by atoms with Crippen LogP contribution in [0.3, 0.4) is 0 Å². The first-order valence-electron chi connectivity index (χ1n) is 7.78. The van der Waals surface area contributed by atoms with Gasteiger partial charge in [-0.3, -0.25) is 4.79 Å². The predicted molar refractivity (Wildman–Crippen MR) is 85.1 cm³/mol. The van der Waals surface area contributed by atoms with Crippen molar-refractivity contribution < 1.29 is 14.6 Å². The molecule has 1 aliphatic rings. The molecule has 1 saturated heterocycles. The number of nitrogens with one attached hydrogen (secondary N) is 1. The Morgan fingerprint density at radius 1 is 1.43 bits per heavy atom. The molecule has 1 amide bonds. The number of methoxy groups -OCH3 is 1. The molecular formula is C17H21N3O3.